The molecule has 1 rings (SSSR count). The van der Waals surface area contributed by atoms with Gasteiger partial charge in [0.05, 0.1) is 6.61 Å². The van der Waals surface area contributed by atoms with Gasteiger partial charge in [-0.05, 0) is 12.5 Å². The number of ether oxygens (including phenoxy) is 1. The van der Waals surface area contributed by atoms with Crippen LogP contribution in [0.1, 0.15) is 24.0 Å². The molecular weight excluding hydrogens is 164 g/mol. The number of aryl methyl sites for hydroxylation is 1. The molecule has 1 unspecified atom stereocenters. The van der Waals surface area contributed by atoms with Crippen molar-refractivity contribution in [1.29, 1.82) is 0 Å². The lowest BCUT2D eigenvalue weighted by molar-refractivity contribution is -0.129. The highest BCUT2D eigenvalue weighted by molar-refractivity contribution is 5.37. The van der Waals surface area contributed by atoms with Crippen molar-refractivity contribution in [3.05, 3.63) is 35.4 Å². The van der Waals surface area contributed by atoms with Gasteiger partial charge in [0.2, 0.25) is 0 Å². The molecule has 0 N–H and O–H groups in total. The molecule has 0 aliphatic rings. The monoisotopic (exact) mass is 178 g/mol. The molecule has 0 heterocycles. The van der Waals surface area contributed by atoms with Crippen LogP contribution in [0.3, 0.4) is 0 Å². The molecule has 0 spiro atoms. The SMILES string of the molecule is Cc1ccc(C(C)COC=O)cc1. The summed E-state index contributed by atoms with van der Waals surface area (Å²) in [6, 6.07) is 8.25. The van der Waals surface area contributed by atoms with Crippen molar-refractivity contribution in [3.63, 3.8) is 0 Å². The van der Waals surface area contributed by atoms with Gasteiger partial charge in [-0.2, -0.15) is 0 Å². The Bertz CT molecular complexity index is 264. The molecule has 0 radical (unpaired) electrons. The predicted octanol–water partition coefficient (Wildman–Crippen LogP) is 2.27. The van der Waals surface area contributed by atoms with Gasteiger partial charge in [0, 0.05) is 5.92 Å². The standard InChI is InChI=1S/C11H14O2/c1-9-3-5-11(6-4-9)10(2)7-13-8-12/h3-6,8,10H,7H2,1-2H3. The fraction of sp³-hybridized carbons (Fsp3) is 0.364. The van der Waals surface area contributed by atoms with Crippen LogP contribution >= 0.6 is 0 Å². The van der Waals surface area contributed by atoms with Crippen LogP contribution in [0.25, 0.3) is 0 Å². The minimum absolute atomic E-state index is 0.269. The summed E-state index contributed by atoms with van der Waals surface area (Å²) in [5, 5.41) is 0. The first-order valence-electron chi connectivity index (χ1n) is 4.36. The Balaban J connectivity index is 2.60. The van der Waals surface area contributed by atoms with E-state index in [4.69, 9.17) is 4.74 Å². The van der Waals surface area contributed by atoms with E-state index in [1.54, 1.807) is 0 Å². The molecule has 1 atom stereocenters. The summed E-state index contributed by atoms with van der Waals surface area (Å²) in [5.41, 5.74) is 2.44. The fourth-order valence-corrected chi connectivity index (χ4v) is 1.17. The Morgan fingerprint density at radius 1 is 1.38 bits per heavy atom. The largest absolute Gasteiger partial charge is 0.467 e. The average Bonchev–Trinajstić information content (AvgIpc) is 2.15. The zero-order valence-electron chi connectivity index (χ0n) is 7.99. The molecule has 0 bridgehead atoms. The van der Waals surface area contributed by atoms with Crippen LogP contribution in [-0.2, 0) is 9.53 Å². The molecule has 0 aliphatic heterocycles. The normalized spacial score (nSPS) is 12.2. The van der Waals surface area contributed by atoms with Gasteiger partial charge >= 0.3 is 0 Å². The van der Waals surface area contributed by atoms with Crippen LogP contribution in [0.5, 0.6) is 0 Å². The molecule has 70 valence electrons. The second kappa shape index (κ2) is 4.65. The lowest BCUT2D eigenvalue weighted by Gasteiger charge is -2.10. The fourth-order valence-electron chi connectivity index (χ4n) is 1.17. The Labute approximate surface area is 78.5 Å². The Hall–Kier alpha value is -1.31. The third-order valence-corrected chi connectivity index (χ3v) is 2.06. The van der Waals surface area contributed by atoms with Crippen molar-refractivity contribution >= 4 is 6.47 Å². The van der Waals surface area contributed by atoms with Gasteiger partial charge < -0.3 is 4.74 Å². The third-order valence-electron chi connectivity index (χ3n) is 2.06. The molecule has 1 aromatic rings. The first kappa shape index (κ1) is 9.78. The Kier molecular flexibility index (Phi) is 3.50. The van der Waals surface area contributed by atoms with Gasteiger partial charge in [-0.1, -0.05) is 36.8 Å². The van der Waals surface area contributed by atoms with Gasteiger partial charge in [-0.25, -0.2) is 0 Å². The van der Waals surface area contributed by atoms with Crippen LogP contribution < -0.4 is 0 Å². The molecule has 0 amide bonds. The third kappa shape index (κ3) is 2.90. The van der Waals surface area contributed by atoms with E-state index in [1.165, 1.54) is 11.1 Å². The highest BCUT2D eigenvalue weighted by Crippen LogP contribution is 2.15. The van der Waals surface area contributed by atoms with Crippen LogP contribution in [0, 0.1) is 6.92 Å². The van der Waals surface area contributed by atoms with Crippen molar-refractivity contribution in [2.45, 2.75) is 19.8 Å². The molecule has 2 nitrogen and oxygen atoms in total. The zero-order chi connectivity index (χ0) is 9.68. The molecule has 0 saturated heterocycles. The molecule has 0 fully saturated rings. The smallest absolute Gasteiger partial charge is 0.293 e. The first-order chi connectivity index (χ1) is 6.24. The molecule has 1 aromatic carbocycles. The first-order valence-corrected chi connectivity index (χ1v) is 4.36. The molecule has 0 aliphatic carbocycles. The number of hydrogen-bond acceptors (Lipinski definition) is 2. The topological polar surface area (TPSA) is 26.3 Å². The van der Waals surface area contributed by atoms with Crippen LogP contribution in [-0.4, -0.2) is 13.1 Å². The van der Waals surface area contributed by atoms with Crippen molar-refractivity contribution in [2.24, 2.45) is 0 Å². The second-order valence-electron chi connectivity index (χ2n) is 3.24. The molecule has 13 heavy (non-hydrogen) atoms. The number of rotatable bonds is 4. The maximum atomic E-state index is 9.97. The van der Waals surface area contributed by atoms with Crippen molar-refractivity contribution < 1.29 is 9.53 Å². The maximum Gasteiger partial charge on any atom is 0.293 e. The van der Waals surface area contributed by atoms with Gasteiger partial charge in [0.15, 0.2) is 0 Å². The highest BCUT2D eigenvalue weighted by atomic mass is 16.5. The highest BCUT2D eigenvalue weighted by Gasteiger charge is 2.04. The van der Waals surface area contributed by atoms with E-state index in [1.807, 2.05) is 6.92 Å². The lowest BCUT2D eigenvalue weighted by Crippen LogP contribution is -2.02. The molecule has 0 aromatic heterocycles. The number of benzene rings is 1. The van der Waals surface area contributed by atoms with Crippen molar-refractivity contribution in [2.75, 3.05) is 6.61 Å². The molecule has 0 saturated carbocycles. The summed E-state index contributed by atoms with van der Waals surface area (Å²) < 4.78 is 4.70. The molecular formula is C11H14O2. The van der Waals surface area contributed by atoms with Crippen molar-refractivity contribution in [3.8, 4) is 0 Å². The van der Waals surface area contributed by atoms with Crippen LogP contribution in [0.2, 0.25) is 0 Å². The summed E-state index contributed by atoms with van der Waals surface area (Å²) in [6.45, 7) is 5.03. The van der Waals surface area contributed by atoms with Gasteiger partial charge in [-0.15, -0.1) is 0 Å². The summed E-state index contributed by atoms with van der Waals surface area (Å²) >= 11 is 0. The van der Waals surface area contributed by atoms with E-state index < -0.39 is 0 Å². The maximum absolute atomic E-state index is 9.97. The van der Waals surface area contributed by atoms with E-state index in [2.05, 4.69) is 31.2 Å². The Morgan fingerprint density at radius 3 is 2.54 bits per heavy atom. The van der Waals surface area contributed by atoms with Gasteiger partial charge in [0.25, 0.3) is 6.47 Å². The van der Waals surface area contributed by atoms with E-state index in [0.717, 1.165) is 0 Å². The van der Waals surface area contributed by atoms with Crippen LogP contribution in [0.4, 0.5) is 0 Å². The summed E-state index contributed by atoms with van der Waals surface area (Å²) in [5.74, 6) is 0.269. The van der Waals surface area contributed by atoms with E-state index in [-0.39, 0.29) is 5.92 Å². The minimum Gasteiger partial charge on any atom is -0.467 e. The van der Waals surface area contributed by atoms with Crippen molar-refractivity contribution in [1.82, 2.24) is 0 Å². The zero-order valence-corrected chi connectivity index (χ0v) is 7.99. The number of carbonyl (C=O) groups is 1. The van der Waals surface area contributed by atoms with Gasteiger partial charge in [-0.3, -0.25) is 4.79 Å². The Morgan fingerprint density at radius 2 is 2.00 bits per heavy atom. The number of hydrogen-bond donors (Lipinski definition) is 0. The summed E-state index contributed by atoms with van der Waals surface area (Å²) in [4.78, 5) is 9.97. The average molecular weight is 178 g/mol. The van der Waals surface area contributed by atoms with Gasteiger partial charge in [0.1, 0.15) is 0 Å². The summed E-state index contributed by atoms with van der Waals surface area (Å²) in [7, 11) is 0. The van der Waals surface area contributed by atoms with E-state index in [9.17, 15) is 4.79 Å². The quantitative estimate of drug-likeness (QED) is 0.661. The molecule has 2 heteroatoms. The predicted molar refractivity (Wildman–Crippen MR) is 51.6 cm³/mol. The van der Waals surface area contributed by atoms with E-state index >= 15 is 0 Å². The number of carbonyl (C=O) groups excluding carboxylic acids is 1. The lowest BCUT2D eigenvalue weighted by atomic mass is 10.0. The second-order valence-corrected chi connectivity index (χ2v) is 3.24. The summed E-state index contributed by atoms with van der Waals surface area (Å²) in [6.07, 6.45) is 0. The van der Waals surface area contributed by atoms with E-state index in [0.29, 0.717) is 13.1 Å². The van der Waals surface area contributed by atoms with Crippen LogP contribution in [0.15, 0.2) is 24.3 Å². The minimum atomic E-state index is 0.269.